The van der Waals surface area contributed by atoms with Gasteiger partial charge in [0.15, 0.2) is 34.2 Å². The monoisotopic (exact) mass is 602 g/mol. The largest absolute Gasteiger partial charge is 0.510 e. The van der Waals surface area contributed by atoms with Gasteiger partial charge in [0.25, 0.3) is 0 Å². The molecule has 0 aromatic heterocycles. The molecule has 3 aliphatic rings. The zero-order valence-corrected chi connectivity index (χ0v) is 21.8. The first kappa shape index (κ1) is 29.7. The molecule has 2 aromatic rings. The van der Waals surface area contributed by atoms with E-state index in [9.17, 15) is 60.7 Å². The van der Waals surface area contributed by atoms with Crippen molar-refractivity contribution in [3.8, 4) is 23.0 Å². The summed E-state index contributed by atoms with van der Waals surface area (Å²) in [6, 6.07) is 6.39. The van der Waals surface area contributed by atoms with Crippen molar-refractivity contribution < 1.29 is 74.9 Å². The van der Waals surface area contributed by atoms with Crippen LogP contribution in [0.3, 0.4) is 0 Å². The van der Waals surface area contributed by atoms with Gasteiger partial charge in [0.05, 0.1) is 6.61 Å². The lowest BCUT2D eigenvalue weighted by Crippen LogP contribution is -2.60. The maximum absolute atomic E-state index is 14.5. The van der Waals surface area contributed by atoms with E-state index < -0.39 is 106 Å². The van der Waals surface area contributed by atoms with E-state index in [0.717, 1.165) is 6.08 Å². The SMILES string of the molecule is O=C1C(O[C@@H]2O[C@H](CO)[C@@H](O)[C@H](O)[C@H]2O)=C(c2ccc(O)cc2)OC2C=C(O)C=C(O)C12C(=O)c1cc(O)c(O)c(O)c1. The van der Waals surface area contributed by atoms with E-state index in [2.05, 4.69) is 0 Å². The number of carbonyl (C=O) groups is 2. The number of phenolic OH excluding ortho intramolecular Hbond substituents is 4. The molecular formula is C28H26O15. The predicted molar refractivity (Wildman–Crippen MR) is 139 cm³/mol. The number of aliphatic hydroxyl groups is 6. The van der Waals surface area contributed by atoms with Crippen LogP contribution in [0.5, 0.6) is 23.0 Å². The van der Waals surface area contributed by atoms with Gasteiger partial charge in [-0.05, 0) is 42.5 Å². The fourth-order valence-electron chi connectivity index (χ4n) is 5.07. The molecule has 5 rings (SSSR count). The Morgan fingerprint density at radius 2 is 1.53 bits per heavy atom. The highest BCUT2D eigenvalue weighted by molar-refractivity contribution is 6.24. The lowest BCUT2D eigenvalue weighted by atomic mass is 9.66. The van der Waals surface area contributed by atoms with Crippen LogP contribution in [-0.4, -0.2) is 106 Å². The maximum Gasteiger partial charge on any atom is 0.229 e. The van der Waals surface area contributed by atoms with E-state index in [1.54, 1.807) is 0 Å². The molecule has 0 bridgehead atoms. The number of allylic oxidation sites excluding steroid dienone is 2. The van der Waals surface area contributed by atoms with Gasteiger partial charge in [0.1, 0.15) is 47.8 Å². The fraction of sp³-hybridized carbons (Fsp3) is 0.286. The van der Waals surface area contributed by atoms with Crippen molar-refractivity contribution in [2.45, 2.75) is 36.8 Å². The molecule has 1 saturated heterocycles. The van der Waals surface area contributed by atoms with Gasteiger partial charge < -0.3 is 65.3 Å². The van der Waals surface area contributed by atoms with Crippen LogP contribution in [0.25, 0.3) is 5.76 Å². The minimum absolute atomic E-state index is 0.0497. The standard InChI is InChI=1S/C28H26O15/c29-9-16-20(36)21(37)22(38)27(41-16)43-24-23(10-1-3-12(30)4-2-10)42-18-8-13(31)7-17(34)28(18,26(24)40)25(39)11-5-14(32)19(35)15(33)6-11/h1-8,16,18,20-22,27,29-38H,9H2/t16-,18?,20-,21+,22-,27+,28?/m1/s1. The Morgan fingerprint density at radius 3 is 2.14 bits per heavy atom. The van der Waals surface area contributed by atoms with Crippen molar-refractivity contribution in [2.24, 2.45) is 5.41 Å². The Balaban J connectivity index is 1.71. The quantitative estimate of drug-likeness (QED) is 0.116. The highest BCUT2D eigenvalue weighted by atomic mass is 16.7. The van der Waals surface area contributed by atoms with Crippen LogP contribution in [0.2, 0.25) is 0 Å². The molecule has 0 saturated carbocycles. The van der Waals surface area contributed by atoms with Gasteiger partial charge in [-0.3, -0.25) is 9.59 Å². The third kappa shape index (κ3) is 4.68. The van der Waals surface area contributed by atoms with Gasteiger partial charge in [-0.1, -0.05) is 0 Å². The van der Waals surface area contributed by atoms with E-state index in [-0.39, 0.29) is 11.3 Å². The first-order valence-electron chi connectivity index (χ1n) is 12.6. The van der Waals surface area contributed by atoms with Crippen LogP contribution in [0.1, 0.15) is 15.9 Å². The third-order valence-electron chi connectivity index (χ3n) is 7.35. The second kappa shape index (κ2) is 10.8. The smallest absolute Gasteiger partial charge is 0.229 e. The summed E-state index contributed by atoms with van der Waals surface area (Å²) in [6.07, 6.45) is -9.37. The number of fused-ring (bicyclic) bond motifs is 1. The summed E-state index contributed by atoms with van der Waals surface area (Å²) in [4.78, 5) is 28.5. The molecule has 15 heteroatoms. The molecule has 2 heterocycles. The van der Waals surface area contributed by atoms with Crippen LogP contribution in [0.15, 0.2) is 65.8 Å². The number of benzene rings is 2. The third-order valence-corrected chi connectivity index (χ3v) is 7.35. The minimum Gasteiger partial charge on any atom is -0.510 e. The molecule has 43 heavy (non-hydrogen) atoms. The Labute approximate surface area is 241 Å². The number of hydrogen-bond donors (Lipinski definition) is 10. The molecule has 0 spiro atoms. The van der Waals surface area contributed by atoms with Crippen LogP contribution in [0.4, 0.5) is 0 Å². The number of carbonyl (C=O) groups excluding carboxylic acids is 2. The molecule has 7 atom stereocenters. The van der Waals surface area contributed by atoms with Crippen molar-refractivity contribution in [3.05, 3.63) is 77.0 Å². The molecule has 2 aliphatic heterocycles. The summed E-state index contributed by atoms with van der Waals surface area (Å²) in [5.74, 6) is -8.69. The van der Waals surface area contributed by atoms with Gasteiger partial charge >= 0.3 is 0 Å². The van der Waals surface area contributed by atoms with E-state index in [4.69, 9.17) is 14.2 Å². The lowest BCUT2D eigenvalue weighted by Gasteiger charge is -2.44. The average Bonchev–Trinajstić information content (AvgIpc) is 2.97. The number of aliphatic hydroxyl groups excluding tert-OH is 6. The molecule has 10 N–H and O–H groups in total. The lowest BCUT2D eigenvalue weighted by molar-refractivity contribution is -0.291. The molecule has 1 aliphatic carbocycles. The van der Waals surface area contributed by atoms with Gasteiger partial charge in [0, 0.05) is 17.2 Å². The summed E-state index contributed by atoms with van der Waals surface area (Å²) < 4.78 is 17.0. The van der Waals surface area contributed by atoms with Crippen LogP contribution >= 0.6 is 0 Å². The number of phenols is 4. The normalized spacial score (nSPS) is 30.6. The summed E-state index contributed by atoms with van der Waals surface area (Å²) >= 11 is 0. The summed E-state index contributed by atoms with van der Waals surface area (Å²) in [6.45, 7) is -0.842. The van der Waals surface area contributed by atoms with Crippen molar-refractivity contribution in [2.75, 3.05) is 6.61 Å². The Morgan fingerprint density at radius 1 is 0.907 bits per heavy atom. The van der Waals surface area contributed by atoms with E-state index in [1.165, 1.54) is 24.3 Å². The second-order valence-corrected chi connectivity index (χ2v) is 10.0. The summed E-state index contributed by atoms with van der Waals surface area (Å²) in [7, 11) is 0. The van der Waals surface area contributed by atoms with Crippen molar-refractivity contribution >= 4 is 17.3 Å². The first-order chi connectivity index (χ1) is 20.3. The van der Waals surface area contributed by atoms with Gasteiger partial charge in [-0.2, -0.15) is 0 Å². The highest BCUT2D eigenvalue weighted by Gasteiger charge is 2.63. The number of ketones is 2. The van der Waals surface area contributed by atoms with E-state index in [0.29, 0.717) is 18.2 Å². The zero-order valence-electron chi connectivity index (χ0n) is 21.8. The molecule has 2 unspecified atom stereocenters. The van der Waals surface area contributed by atoms with E-state index >= 15 is 0 Å². The van der Waals surface area contributed by atoms with Crippen molar-refractivity contribution in [1.29, 1.82) is 0 Å². The van der Waals surface area contributed by atoms with Crippen LogP contribution in [-0.2, 0) is 19.0 Å². The fourth-order valence-corrected chi connectivity index (χ4v) is 5.07. The number of Topliss-reactive ketones (excluding diaryl/α,β-unsaturated/α-hetero) is 2. The molecule has 0 amide bonds. The molecule has 15 nitrogen and oxygen atoms in total. The summed E-state index contributed by atoms with van der Waals surface area (Å²) in [5.41, 5.74) is -3.34. The Hall–Kier alpha value is -4.80. The molecule has 2 aromatic carbocycles. The number of aromatic hydroxyl groups is 4. The highest BCUT2D eigenvalue weighted by Crippen LogP contribution is 2.50. The molecule has 1 fully saturated rings. The molecule has 228 valence electrons. The zero-order chi connectivity index (χ0) is 31.4. The van der Waals surface area contributed by atoms with Crippen molar-refractivity contribution in [1.82, 2.24) is 0 Å². The topological polar surface area (TPSA) is 264 Å². The van der Waals surface area contributed by atoms with E-state index in [1.807, 2.05) is 0 Å². The van der Waals surface area contributed by atoms with Crippen LogP contribution in [0, 0.1) is 5.41 Å². The number of hydrogen-bond acceptors (Lipinski definition) is 15. The van der Waals surface area contributed by atoms with Gasteiger partial charge in [-0.25, -0.2) is 0 Å². The van der Waals surface area contributed by atoms with Gasteiger partial charge in [0.2, 0.25) is 17.8 Å². The second-order valence-electron chi connectivity index (χ2n) is 10.0. The van der Waals surface area contributed by atoms with Gasteiger partial charge in [-0.15, -0.1) is 0 Å². The molecule has 0 radical (unpaired) electrons. The van der Waals surface area contributed by atoms with Crippen molar-refractivity contribution in [3.63, 3.8) is 0 Å². The Bertz CT molecular complexity index is 1530. The first-order valence-corrected chi connectivity index (χ1v) is 12.6. The molecular weight excluding hydrogens is 576 g/mol. The maximum atomic E-state index is 14.5. The average molecular weight is 603 g/mol. The minimum atomic E-state index is -2.80. The van der Waals surface area contributed by atoms with Crippen LogP contribution < -0.4 is 0 Å². The summed E-state index contributed by atoms with van der Waals surface area (Å²) in [5, 5.41) is 102. The Kier molecular flexibility index (Phi) is 7.45. The number of rotatable bonds is 6. The predicted octanol–water partition coefficient (Wildman–Crippen LogP) is -0.271. The number of ether oxygens (including phenoxy) is 3.